The second-order valence-corrected chi connectivity index (χ2v) is 17.3. The fourth-order valence-corrected chi connectivity index (χ4v) is 9.30. The van der Waals surface area contributed by atoms with E-state index in [2.05, 4.69) is 30.4 Å². The lowest BCUT2D eigenvalue weighted by Gasteiger charge is -2.38. The maximum atomic E-state index is 16.2. The Morgan fingerprint density at radius 3 is 2.33 bits per heavy atom. The van der Waals surface area contributed by atoms with Crippen LogP contribution in [0.25, 0.3) is 5.65 Å². The van der Waals surface area contributed by atoms with Crippen molar-refractivity contribution in [2.75, 3.05) is 42.9 Å². The summed E-state index contributed by atoms with van der Waals surface area (Å²) in [5.41, 5.74) is 0.291. The molecule has 4 aliphatic heterocycles. The van der Waals surface area contributed by atoms with Crippen molar-refractivity contribution in [3.05, 3.63) is 88.4 Å². The number of hydrogen-bond acceptors (Lipinski definition) is 10. The Morgan fingerprint density at radius 1 is 0.933 bits per heavy atom. The van der Waals surface area contributed by atoms with Crippen LogP contribution in [0.3, 0.4) is 0 Å². The molecule has 3 aromatic heterocycles. The van der Waals surface area contributed by atoms with Gasteiger partial charge in [-0.25, -0.2) is 23.1 Å². The van der Waals surface area contributed by atoms with Crippen LogP contribution >= 0.6 is 0 Å². The van der Waals surface area contributed by atoms with Gasteiger partial charge in [-0.05, 0) is 95.3 Å². The molecule has 5 aliphatic rings. The van der Waals surface area contributed by atoms with E-state index < -0.39 is 58.8 Å². The zero-order valence-electron chi connectivity index (χ0n) is 33.2. The summed E-state index contributed by atoms with van der Waals surface area (Å²) in [5.74, 6) is -6.95. The Hall–Kier alpha value is -5.68. The number of imidazole rings is 1. The molecule has 17 heteroatoms. The summed E-state index contributed by atoms with van der Waals surface area (Å²) in [4.78, 5) is 78.3. The van der Waals surface area contributed by atoms with Crippen molar-refractivity contribution in [1.29, 1.82) is 0 Å². The van der Waals surface area contributed by atoms with Crippen LogP contribution in [0, 0.1) is 11.7 Å². The van der Waals surface area contributed by atoms with E-state index >= 15 is 4.39 Å². The molecule has 4 aromatic rings. The Labute approximate surface area is 343 Å². The van der Waals surface area contributed by atoms with Gasteiger partial charge in [-0.15, -0.1) is 0 Å². The van der Waals surface area contributed by atoms with E-state index in [-0.39, 0.29) is 64.6 Å². The number of likely N-dealkylation sites (tertiary alicyclic amines) is 1. The smallest absolute Gasteiger partial charge is 0.274 e. The number of pyridine rings is 2. The predicted molar refractivity (Wildman–Crippen MR) is 211 cm³/mol. The molecule has 1 aromatic carbocycles. The van der Waals surface area contributed by atoms with Gasteiger partial charge in [-0.1, -0.05) is 6.07 Å². The number of imide groups is 2. The van der Waals surface area contributed by atoms with E-state index in [0.29, 0.717) is 11.6 Å². The highest BCUT2D eigenvalue weighted by Crippen LogP contribution is 2.55. The molecule has 4 fully saturated rings. The molecule has 7 heterocycles. The topological polar surface area (TPSA) is 170 Å². The molecule has 0 bridgehead atoms. The first kappa shape index (κ1) is 39.8. The highest BCUT2D eigenvalue weighted by molar-refractivity contribution is 6.23. The van der Waals surface area contributed by atoms with Crippen LogP contribution in [-0.4, -0.2) is 103 Å². The number of alkyl halides is 2. The monoisotopic (exact) mass is 826 g/mol. The third-order valence-electron chi connectivity index (χ3n) is 12.7. The maximum absolute atomic E-state index is 16.2. The molecule has 2 unspecified atom stereocenters. The maximum Gasteiger partial charge on any atom is 0.274 e. The van der Waals surface area contributed by atoms with Crippen molar-refractivity contribution in [3.8, 4) is 0 Å². The molecule has 9 rings (SSSR count). The summed E-state index contributed by atoms with van der Waals surface area (Å²) in [6.45, 7) is 6.98. The lowest BCUT2D eigenvalue weighted by atomic mass is 9.91. The van der Waals surface area contributed by atoms with Gasteiger partial charge in [0.25, 0.3) is 23.6 Å². The number of nitrogens with one attached hydrogen (secondary N) is 2. The minimum Gasteiger partial charge on any atom is -0.386 e. The number of fused-ring (bicyclic) bond motifs is 2. The molecule has 3 N–H and O–H groups in total. The Bertz CT molecular complexity index is 2450. The number of rotatable bonds is 9. The summed E-state index contributed by atoms with van der Waals surface area (Å²) < 4.78 is 45.1. The highest BCUT2D eigenvalue weighted by atomic mass is 19.3. The number of carbonyl (C=O) groups excluding carboxylic acids is 5. The number of aromatic nitrogens is 3. The van der Waals surface area contributed by atoms with Crippen LogP contribution < -0.4 is 15.5 Å². The third-order valence-corrected chi connectivity index (χ3v) is 12.7. The van der Waals surface area contributed by atoms with Crippen molar-refractivity contribution >= 4 is 46.6 Å². The van der Waals surface area contributed by atoms with E-state index in [1.165, 1.54) is 42.6 Å². The molecule has 3 saturated heterocycles. The van der Waals surface area contributed by atoms with Gasteiger partial charge in [-0.3, -0.25) is 34.2 Å². The summed E-state index contributed by atoms with van der Waals surface area (Å²) >= 11 is 0. The Balaban J connectivity index is 0.810. The number of nitrogens with zero attached hydrogens (tertiary/aromatic N) is 6. The number of halogens is 3. The summed E-state index contributed by atoms with van der Waals surface area (Å²) in [6.07, 6.45) is 6.61. The number of aliphatic hydroxyl groups is 1. The number of hydrogen-bond donors (Lipinski definition) is 3. The molecule has 1 saturated carbocycles. The van der Waals surface area contributed by atoms with E-state index in [9.17, 15) is 37.9 Å². The van der Waals surface area contributed by atoms with Gasteiger partial charge in [0.1, 0.15) is 11.7 Å². The van der Waals surface area contributed by atoms with E-state index in [0.717, 1.165) is 69.0 Å². The van der Waals surface area contributed by atoms with Crippen molar-refractivity contribution in [2.24, 2.45) is 5.92 Å². The first-order chi connectivity index (χ1) is 28.6. The average molecular weight is 827 g/mol. The van der Waals surface area contributed by atoms with Gasteiger partial charge in [-0.2, -0.15) is 0 Å². The van der Waals surface area contributed by atoms with Crippen molar-refractivity contribution < 1.29 is 42.3 Å². The van der Waals surface area contributed by atoms with Crippen molar-refractivity contribution in [1.82, 2.24) is 29.5 Å². The van der Waals surface area contributed by atoms with Crippen molar-refractivity contribution in [2.45, 2.75) is 88.2 Å². The molecule has 0 radical (unpaired) electrons. The molecular formula is C43H45F3N8O6. The number of amides is 5. The first-order valence-electron chi connectivity index (χ1n) is 20.5. The Kier molecular flexibility index (Phi) is 9.81. The Morgan fingerprint density at radius 2 is 1.65 bits per heavy atom. The molecule has 60 heavy (non-hydrogen) atoms. The zero-order chi connectivity index (χ0) is 42.2. The van der Waals surface area contributed by atoms with Gasteiger partial charge in [0.15, 0.2) is 11.5 Å². The lowest BCUT2D eigenvalue weighted by Crippen LogP contribution is -2.54. The van der Waals surface area contributed by atoms with E-state index in [4.69, 9.17) is 0 Å². The van der Waals surface area contributed by atoms with Gasteiger partial charge < -0.3 is 24.6 Å². The first-order valence-corrected chi connectivity index (χ1v) is 20.5. The molecule has 1 aliphatic carbocycles. The average Bonchev–Trinajstić information content (AvgIpc) is 3.52. The van der Waals surface area contributed by atoms with E-state index in [1.54, 1.807) is 18.3 Å². The number of piperidine rings is 3. The van der Waals surface area contributed by atoms with Crippen LogP contribution in [-0.2, 0) is 15.2 Å². The largest absolute Gasteiger partial charge is 0.386 e. The third kappa shape index (κ3) is 7.31. The van der Waals surface area contributed by atoms with E-state index in [1.807, 2.05) is 6.07 Å². The number of carbonyl (C=O) groups is 5. The van der Waals surface area contributed by atoms with Crippen molar-refractivity contribution in [3.63, 3.8) is 0 Å². The fourth-order valence-electron chi connectivity index (χ4n) is 9.30. The lowest BCUT2D eigenvalue weighted by molar-refractivity contribution is -0.136. The standard InChI is InChI=1S/C43H45F3N8O6/c1-42(2,60)35-32(49-38(56)30-5-3-4-29(47-30)28-19-43(28,45)46)22-53-21-31(48-37(53)36(35)44)24-12-14-51(15-13-24)20-23-10-16-52(17-11-23)25-6-7-26-27(18-25)41(59)54(40(26)58)33-8-9-34(55)50-39(33)57/h3-7,18,21-24,28,33,60H,8-17,19-20H2,1-2H3,(H,49,56)(H,50,55,57). The van der Waals surface area contributed by atoms with Gasteiger partial charge in [0.2, 0.25) is 11.8 Å². The zero-order valence-corrected chi connectivity index (χ0v) is 33.2. The number of benzene rings is 1. The van der Waals surface area contributed by atoms with Gasteiger partial charge in [0, 0.05) is 62.0 Å². The SMILES string of the molecule is CC(C)(O)c1c(NC(=O)c2cccc(C3CC3(F)F)n2)cn2cc(C3CCN(CC4CCN(c5ccc6c(c5)C(=O)N(C5CCC(=O)NC5=O)C6=O)CC4)CC3)nc2c1F. The molecular weight excluding hydrogens is 782 g/mol. The second kappa shape index (κ2) is 14.8. The molecule has 0 spiro atoms. The minimum absolute atomic E-state index is 0.0162. The normalized spacial score (nSPS) is 22.7. The van der Waals surface area contributed by atoms with Crippen LogP contribution in [0.4, 0.5) is 24.5 Å². The van der Waals surface area contributed by atoms with Gasteiger partial charge in [0.05, 0.1) is 39.7 Å². The minimum atomic E-state index is -2.85. The molecule has 314 valence electrons. The summed E-state index contributed by atoms with van der Waals surface area (Å²) in [7, 11) is 0. The van der Waals surface area contributed by atoms with Crippen LogP contribution in [0.1, 0.15) is 119 Å². The predicted octanol–water partition coefficient (Wildman–Crippen LogP) is 4.97. The molecule has 2 atom stereocenters. The second-order valence-electron chi connectivity index (χ2n) is 17.3. The van der Waals surface area contributed by atoms with Crippen LogP contribution in [0.5, 0.6) is 0 Å². The van der Waals surface area contributed by atoms with Crippen LogP contribution in [0.2, 0.25) is 0 Å². The number of anilines is 2. The molecule has 14 nitrogen and oxygen atoms in total. The van der Waals surface area contributed by atoms with Crippen LogP contribution in [0.15, 0.2) is 48.8 Å². The quantitative estimate of drug-likeness (QED) is 0.196. The fraction of sp³-hybridized carbons (Fsp3) is 0.465. The highest BCUT2D eigenvalue weighted by Gasteiger charge is 2.58. The summed E-state index contributed by atoms with van der Waals surface area (Å²) in [6, 6.07) is 8.56. The summed E-state index contributed by atoms with van der Waals surface area (Å²) in [5, 5.41) is 15.9. The van der Waals surface area contributed by atoms with Gasteiger partial charge >= 0.3 is 0 Å². The molecule has 5 amide bonds.